The van der Waals surface area contributed by atoms with Gasteiger partial charge in [-0.25, -0.2) is 17.9 Å². The molecule has 41 heavy (non-hydrogen) atoms. The lowest BCUT2D eigenvalue weighted by atomic mass is 9.94. The van der Waals surface area contributed by atoms with E-state index in [1.165, 1.54) is 0 Å². The number of fused-ring (bicyclic) bond motifs is 1. The molecule has 2 atom stereocenters. The van der Waals surface area contributed by atoms with Gasteiger partial charge < -0.3 is 31.5 Å². The average molecular weight is 597 g/mol. The highest BCUT2D eigenvalue weighted by Gasteiger charge is 2.36. The van der Waals surface area contributed by atoms with Crippen molar-refractivity contribution >= 4 is 33.8 Å². The first-order valence-electron chi connectivity index (χ1n) is 13.6. The van der Waals surface area contributed by atoms with Crippen molar-refractivity contribution in [2.75, 3.05) is 13.1 Å². The van der Waals surface area contributed by atoms with Gasteiger partial charge >= 0.3 is 5.97 Å². The van der Waals surface area contributed by atoms with Crippen LogP contribution in [-0.4, -0.2) is 68.0 Å². The van der Waals surface area contributed by atoms with Gasteiger partial charge in [-0.3, -0.25) is 15.0 Å². The minimum atomic E-state index is -4.06. The average Bonchev–Trinajstić information content (AvgIpc) is 3.18. The summed E-state index contributed by atoms with van der Waals surface area (Å²) in [5, 5.41) is 24.7. The molecule has 1 aromatic rings. The van der Waals surface area contributed by atoms with Crippen molar-refractivity contribution in [1.82, 2.24) is 20.7 Å². The molecular weight excluding hydrogens is 552 g/mol. The summed E-state index contributed by atoms with van der Waals surface area (Å²) >= 11 is 0. The summed E-state index contributed by atoms with van der Waals surface area (Å²) in [6, 6.07) is -2.00. The highest BCUT2D eigenvalue weighted by Crippen LogP contribution is 2.43. The molecule has 0 fully saturated rings. The molecule has 0 aliphatic carbocycles. The summed E-state index contributed by atoms with van der Waals surface area (Å²) < 4.78 is 34.8. The number of aliphatic carboxylic acids is 1. The first-order valence-corrected chi connectivity index (χ1v) is 15.1. The Morgan fingerprint density at radius 1 is 1.10 bits per heavy atom. The van der Waals surface area contributed by atoms with E-state index in [-0.39, 0.29) is 30.2 Å². The minimum Gasteiger partial charge on any atom is -0.487 e. The molecule has 13 nitrogen and oxygen atoms in total. The molecule has 1 aliphatic rings. The highest BCUT2D eigenvalue weighted by atomic mass is 32.2. The molecule has 2 amide bonds. The Labute approximate surface area is 241 Å². The lowest BCUT2D eigenvalue weighted by Gasteiger charge is -2.19. The first kappa shape index (κ1) is 33.8. The van der Waals surface area contributed by atoms with Crippen LogP contribution >= 0.6 is 0 Å². The second-order valence-corrected chi connectivity index (χ2v) is 13.1. The van der Waals surface area contributed by atoms with Crippen LogP contribution in [0.3, 0.4) is 0 Å². The van der Waals surface area contributed by atoms with Gasteiger partial charge in [0.1, 0.15) is 17.4 Å². The summed E-state index contributed by atoms with van der Waals surface area (Å²) in [5.41, 5.74) is 8.20. The quantitative estimate of drug-likeness (QED) is 0.0980. The maximum Gasteiger partial charge on any atom is 0.326 e. The standard InChI is InChI=1S/C27H44N6O7S/c1-14(2)11-20(25(36)37)32-21(34)13-31-24(35)19(28)9-8-10-30-26(29)33-41(38,39)23-16(4)15(3)22-18(17(23)5)12-27(6,7)40-22/h14,19-20H,8-13,28H2,1-7H3,(H,31,35)(H,32,34)(H,36,37)(H3,29,30,33)/t19-,20-/m0/s1. The fraction of sp³-hybridized carbons (Fsp3) is 0.630. The summed E-state index contributed by atoms with van der Waals surface area (Å²) in [4.78, 5) is 35.7. The molecule has 1 aliphatic heterocycles. The molecule has 0 saturated heterocycles. The van der Waals surface area contributed by atoms with E-state index >= 15 is 0 Å². The van der Waals surface area contributed by atoms with E-state index in [1.54, 1.807) is 13.8 Å². The van der Waals surface area contributed by atoms with Crippen LogP contribution in [0.4, 0.5) is 0 Å². The van der Waals surface area contributed by atoms with Crippen molar-refractivity contribution < 1.29 is 32.6 Å². The number of guanidine groups is 1. The normalized spacial score (nSPS) is 15.3. The van der Waals surface area contributed by atoms with Crippen LogP contribution in [-0.2, 0) is 30.8 Å². The zero-order valence-electron chi connectivity index (χ0n) is 24.9. The number of nitrogens with one attached hydrogen (secondary N) is 5. The van der Waals surface area contributed by atoms with Crippen LogP contribution in [0.1, 0.15) is 69.2 Å². The molecule has 14 heteroatoms. The number of hydrogen-bond donors (Lipinski definition) is 7. The van der Waals surface area contributed by atoms with E-state index in [2.05, 4.69) is 20.7 Å². The van der Waals surface area contributed by atoms with Gasteiger partial charge in [0.05, 0.1) is 17.5 Å². The lowest BCUT2D eigenvalue weighted by molar-refractivity contribution is -0.142. The van der Waals surface area contributed by atoms with Crippen LogP contribution in [0.5, 0.6) is 5.75 Å². The molecule has 0 radical (unpaired) electrons. The zero-order chi connectivity index (χ0) is 31.3. The van der Waals surface area contributed by atoms with Crippen LogP contribution in [0.15, 0.2) is 4.90 Å². The third kappa shape index (κ3) is 9.05. The summed E-state index contributed by atoms with van der Waals surface area (Å²) in [6.07, 6.45) is 1.37. The summed E-state index contributed by atoms with van der Waals surface area (Å²) in [6.45, 7) is 12.6. The van der Waals surface area contributed by atoms with Crippen molar-refractivity contribution in [2.24, 2.45) is 11.7 Å². The fourth-order valence-electron chi connectivity index (χ4n) is 4.77. The van der Waals surface area contributed by atoms with Crippen molar-refractivity contribution in [3.8, 4) is 5.75 Å². The number of carbonyl (C=O) groups is 3. The van der Waals surface area contributed by atoms with Crippen LogP contribution in [0.2, 0.25) is 0 Å². The van der Waals surface area contributed by atoms with Crippen LogP contribution < -0.4 is 31.1 Å². The number of rotatable bonds is 13. The second kappa shape index (κ2) is 13.5. The van der Waals surface area contributed by atoms with E-state index in [0.29, 0.717) is 29.7 Å². The number of benzene rings is 1. The van der Waals surface area contributed by atoms with Crippen molar-refractivity contribution in [1.29, 1.82) is 5.41 Å². The molecule has 1 heterocycles. The number of hydrogen-bond acceptors (Lipinski definition) is 8. The van der Waals surface area contributed by atoms with Gasteiger partial charge in [-0.1, -0.05) is 13.8 Å². The predicted molar refractivity (Wildman–Crippen MR) is 154 cm³/mol. The highest BCUT2D eigenvalue weighted by molar-refractivity contribution is 7.90. The number of carboxylic acid groups (broad SMARTS) is 1. The van der Waals surface area contributed by atoms with Gasteiger partial charge in [0.2, 0.25) is 17.8 Å². The van der Waals surface area contributed by atoms with E-state index < -0.39 is 58.0 Å². The molecule has 0 aromatic heterocycles. The van der Waals surface area contributed by atoms with Crippen LogP contribution in [0, 0.1) is 32.1 Å². The number of amides is 2. The summed E-state index contributed by atoms with van der Waals surface area (Å²) in [7, 11) is -4.06. The largest absolute Gasteiger partial charge is 0.487 e. The van der Waals surface area contributed by atoms with Crippen LogP contribution in [0.25, 0.3) is 0 Å². The van der Waals surface area contributed by atoms with E-state index in [9.17, 15) is 27.9 Å². The monoisotopic (exact) mass is 596 g/mol. The minimum absolute atomic E-state index is 0.0592. The van der Waals surface area contributed by atoms with Gasteiger partial charge in [-0.2, -0.15) is 0 Å². The molecule has 8 N–H and O–H groups in total. The molecule has 0 bridgehead atoms. The van der Waals surface area contributed by atoms with Gasteiger partial charge in [0, 0.05) is 18.5 Å². The van der Waals surface area contributed by atoms with Crippen molar-refractivity contribution in [2.45, 2.75) is 96.7 Å². The molecule has 0 spiro atoms. The number of nitrogens with two attached hydrogens (primary N) is 1. The van der Waals surface area contributed by atoms with E-state index in [0.717, 1.165) is 11.1 Å². The third-order valence-corrected chi connectivity index (χ3v) is 8.51. The Bertz CT molecular complexity index is 1290. The topological polar surface area (TPSA) is 213 Å². The molecule has 0 unspecified atom stereocenters. The molecule has 1 aromatic carbocycles. The fourth-order valence-corrected chi connectivity index (χ4v) is 6.30. The SMILES string of the molecule is Cc1c(C)c(S(=O)(=O)NC(=N)NCCC[C@H](N)C(=O)NCC(=O)N[C@@H](CC(C)C)C(=O)O)c(C)c2c1OC(C)(C)C2. The second-order valence-electron chi connectivity index (χ2n) is 11.5. The number of sulfonamides is 1. The Morgan fingerprint density at radius 3 is 2.32 bits per heavy atom. The summed E-state index contributed by atoms with van der Waals surface area (Å²) in [5.74, 6) is -2.01. The third-order valence-electron chi connectivity index (χ3n) is 6.89. The molecule has 230 valence electrons. The van der Waals surface area contributed by atoms with Gasteiger partial charge in [0.25, 0.3) is 10.0 Å². The van der Waals surface area contributed by atoms with Gasteiger partial charge in [0.15, 0.2) is 0 Å². The van der Waals surface area contributed by atoms with Crippen molar-refractivity contribution in [3.05, 3.63) is 22.3 Å². The van der Waals surface area contributed by atoms with Gasteiger partial charge in [-0.05, 0) is 76.5 Å². The predicted octanol–water partition coefficient (Wildman–Crippen LogP) is 0.967. The lowest BCUT2D eigenvalue weighted by Crippen LogP contribution is -2.49. The Morgan fingerprint density at radius 2 is 1.73 bits per heavy atom. The zero-order valence-corrected chi connectivity index (χ0v) is 25.7. The Hall–Kier alpha value is -3.39. The Balaban J connectivity index is 1.84. The van der Waals surface area contributed by atoms with Crippen molar-refractivity contribution in [3.63, 3.8) is 0 Å². The first-order chi connectivity index (χ1) is 18.9. The number of ether oxygens (including phenoxy) is 1. The molecular formula is C27H44N6O7S. The van der Waals surface area contributed by atoms with E-state index in [1.807, 2.05) is 34.6 Å². The smallest absolute Gasteiger partial charge is 0.326 e. The molecule has 0 saturated carbocycles. The van der Waals surface area contributed by atoms with E-state index in [4.69, 9.17) is 15.9 Å². The maximum absolute atomic E-state index is 13.2. The molecule has 2 rings (SSSR count). The Kier molecular flexibility index (Phi) is 11.1. The number of carbonyl (C=O) groups excluding carboxylic acids is 2. The number of carboxylic acids is 1. The maximum atomic E-state index is 13.2. The van der Waals surface area contributed by atoms with Gasteiger partial charge in [-0.15, -0.1) is 0 Å².